The van der Waals surface area contributed by atoms with Crippen molar-refractivity contribution < 1.29 is 14.7 Å². The van der Waals surface area contributed by atoms with Crippen molar-refractivity contribution in [3.8, 4) is 0 Å². The van der Waals surface area contributed by atoms with Gasteiger partial charge in [-0.3, -0.25) is 4.79 Å². The van der Waals surface area contributed by atoms with Gasteiger partial charge in [0.1, 0.15) is 6.04 Å². The maximum absolute atomic E-state index is 11.8. The predicted octanol–water partition coefficient (Wildman–Crippen LogP) is -0.727. The summed E-state index contributed by atoms with van der Waals surface area (Å²) in [6.45, 7) is 4.49. The molecule has 6 heteroatoms. The molecular weight excluding hydrogens is 210 g/mol. The van der Waals surface area contributed by atoms with Crippen molar-refractivity contribution in [1.29, 1.82) is 0 Å². The van der Waals surface area contributed by atoms with Crippen LogP contribution in [0.2, 0.25) is 0 Å². The average Bonchev–Trinajstić information content (AvgIpc) is 2.64. The maximum Gasteiger partial charge on any atom is 0.312 e. The SMILES string of the molecule is CC(NC(N)=O)C(=O)N1CCC(C(C)O)C1. The van der Waals surface area contributed by atoms with Crippen LogP contribution in [0.15, 0.2) is 0 Å². The minimum Gasteiger partial charge on any atom is -0.393 e. The molecule has 0 spiro atoms. The summed E-state index contributed by atoms with van der Waals surface area (Å²) in [5.74, 6) is -0.0216. The Morgan fingerprint density at radius 3 is 2.56 bits per heavy atom. The molecule has 16 heavy (non-hydrogen) atoms. The number of nitrogens with zero attached hydrogens (tertiary/aromatic N) is 1. The molecule has 0 aromatic carbocycles. The Kier molecular flexibility index (Phi) is 4.12. The number of nitrogens with two attached hydrogens (primary N) is 1. The van der Waals surface area contributed by atoms with Crippen LogP contribution in [0, 0.1) is 5.92 Å². The highest BCUT2D eigenvalue weighted by molar-refractivity contribution is 5.86. The van der Waals surface area contributed by atoms with Crippen LogP contribution in [0.3, 0.4) is 0 Å². The third-order valence-electron chi connectivity index (χ3n) is 2.95. The lowest BCUT2D eigenvalue weighted by Crippen LogP contribution is -2.48. The molecule has 0 bridgehead atoms. The number of rotatable bonds is 3. The van der Waals surface area contributed by atoms with Gasteiger partial charge in [-0.25, -0.2) is 4.79 Å². The van der Waals surface area contributed by atoms with Crippen molar-refractivity contribution in [2.24, 2.45) is 11.7 Å². The first-order valence-corrected chi connectivity index (χ1v) is 5.44. The second kappa shape index (κ2) is 5.16. The molecule has 0 aliphatic carbocycles. The van der Waals surface area contributed by atoms with Crippen LogP contribution in [0.4, 0.5) is 4.79 Å². The number of hydrogen-bond acceptors (Lipinski definition) is 3. The van der Waals surface area contributed by atoms with E-state index in [2.05, 4.69) is 5.32 Å². The molecule has 0 aromatic rings. The van der Waals surface area contributed by atoms with Crippen molar-refractivity contribution in [2.75, 3.05) is 13.1 Å². The fourth-order valence-corrected chi connectivity index (χ4v) is 1.93. The molecule has 4 N–H and O–H groups in total. The molecule has 1 saturated heterocycles. The van der Waals surface area contributed by atoms with E-state index in [9.17, 15) is 14.7 Å². The van der Waals surface area contributed by atoms with E-state index in [0.717, 1.165) is 6.42 Å². The Hall–Kier alpha value is -1.30. The van der Waals surface area contributed by atoms with Gasteiger partial charge in [-0.2, -0.15) is 0 Å². The van der Waals surface area contributed by atoms with E-state index >= 15 is 0 Å². The van der Waals surface area contributed by atoms with Gasteiger partial charge in [0.25, 0.3) is 0 Å². The summed E-state index contributed by atoms with van der Waals surface area (Å²) >= 11 is 0. The van der Waals surface area contributed by atoms with E-state index in [0.29, 0.717) is 13.1 Å². The topological polar surface area (TPSA) is 95.7 Å². The highest BCUT2D eigenvalue weighted by atomic mass is 16.3. The summed E-state index contributed by atoms with van der Waals surface area (Å²) in [6, 6.07) is -1.31. The van der Waals surface area contributed by atoms with Crippen molar-refractivity contribution in [1.82, 2.24) is 10.2 Å². The van der Waals surface area contributed by atoms with Crippen LogP contribution in [-0.4, -0.2) is 47.2 Å². The van der Waals surface area contributed by atoms with E-state index in [1.54, 1.807) is 18.7 Å². The molecule has 1 heterocycles. The molecule has 3 unspecified atom stereocenters. The fourth-order valence-electron chi connectivity index (χ4n) is 1.93. The number of aliphatic hydroxyl groups excluding tert-OH is 1. The minimum absolute atomic E-state index is 0.129. The molecule has 92 valence electrons. The van der Waals surface area contributed by atoms with Crippen LogP contribution in [0.25, 0.3) is 0 Å². The van der Waals surface area contributed by atoms with Crippen LogP contribution in [0.5, 0.6) is 0 Å². The first kappa shape index (κ1) is 12.8. The molecule has 1 fully saturated rings. The smallest absolute Gasteiger partial charge is 0.312 e. The molecule has 0 saturated carbocycles. The van der Waals surface area contributed by atoms with Crippen LogP contribution >= 0.6 is 0 Å². The van der Waals surface area contributed by atoms with Gasteiger partial charge in [0.15, 0.2) is 0 Å². The number of urea groups is 1. The van der Waals surface area contributed by atoms with Gasteiger partial charge in [0, 0.05) is 19.0 Å². The normalized spacial score (nSPS) is 23.9. The van der Waals surface area contributed by atoms with Gasteiger partial charge in [0.2, 0.25) is 5.91 Å². The molecule has 1 aliphatic heterocycles. The molecule has 6 nitrogen and oxygen atoms in total. The quantitative estimate of drug-likeness (QED) is 0.595. The van der Waals surface area contributed by atoms with Crippen molar-refractivity contribution >= 4 is 11.9 Å². The Balaban J connectivity index is 2.47. The first-order chi connectivity index (χ1) is 7.41. The number of carbonyl (C=O) groups is 2. The van der Waals surface area contributed by atoms with E-state index in [1.807, 2.05) is 0 Å². The largest absolute Gasteiger partial charge is 0.393 e. The molecule has 1 aliphatic rings. The zero-order chi connectivity index (χ0) is 12.3. The lowest BCUT2D eigenvalue weighted by molar-refractivity contribution is -0.131. The third kappa shape index (κ3) is 3.10. The summed E-state index contributed by atoms with van der Waals surface area (Å²) in [5, 5.41) is 11.8. The first-order valence-electron chi connectivity index (χ1n) is 5.44. The monoisotopic (exact) mass is 229 g/mol. The zero-order valence-corrected chi connectivity index (χ0v) is 9.64. The Labute approximate surface area is 94.8 Å². The molecule has 3 amide bonds. The number of carbonyl (C=O) groups excluding carboxylic acids is 2. The lowest BCUT2D eigenvalue weighted by Gasteiger charge is -2.21. The highest BCUT2D eigenvalue weighted by Gasteiger charge is 2.31. The predicted molar refractivity (Wildman–Crippen MR) is 58.5 cm³/mol. The van der Waals surface area contributed by atoms with Gasteiger partial charge < -0.3 is 21.1 Å². The van der Waals surface area contributed by atoms with E-state index in [4.69, 9.17) is 5.73 Å². The van der Waals surface area contributed by atoms with E-state index < -0.39 is 18.2 Å². The second-order valence-corrected chi connectivity index (χ2v) is 4.30. The van der Waals surface area contributed by atoms with Crippen molar-refractivity contribution in [3.63, 3.8) is 0 Å². The molecular formula is C10H19N3O3. The van der Waals surface area contributed by atoms with Crippen LogP contribution < -0.4 is 11.1 Å². The van der Waals surface area contributed by atoms with Gasteiger partial charge in [-0.05, 0) is 20.3 Å². The van der Waals surface area contributed by atoms with Gasteiger partial charge in [-0.1, -0.05) is 0 Å². The third-order valence-corrected chi connectivity index (χ3v) is 2.95. The second-order valence-electron chi connectivity index (χ2n) is 4.30. The fraction of sp³-hybridized carbons (Fsp3) is 0.800. The summed E-state index contributed by atoms with van der Waals surface area (Å²) < 4.78 is 0. The molecule has 3 atom stereocenters. The molecule has 0 radical (unpaired) electrons. The van der Waals surface area contributed by atoms with Gasteiger partial charge >= 0.3 is 6.03 Å². The number of aliphatic hydroxyl groups is 1. The number of primary amides is 1. The van der Waals surface area contributed by atoms with Gasteiger partial charge in [0.05, 0.1) is 6.10 Å². The van der Waals surface area contributed by atoms with Crippen molar-refractivity contribution in [2.45, 2.75) is 32.4 Å². The van der Waals surface area contributed by atoms with Crippen LogP contribution in [0.1, 0.15) is 20.3 Å². The van der Waals surface area contributed by atoms with Crippen LogP contribution in [-0.2, 0) is 4.79 Å². The summed E-state index contributed by atoms with van der Waals surface area (Å²) in [4.78, 5) is 24.1. The van der Waals surface area contributed by atoms with E-state index in [-0.39, 0.29) is 11.8 Å². The van der Waals surface area contributed by atoms with Gasteiger partial charge in [-0.15, -0.1) is 0 Å². The summed E-state index contributed by atoms with van der Waals surface area (Å²) in [6.07, 6.45) is 0.393. The van der Waals surface area contributed by atoms with E-state index in [1.165, 1.54) is 0 Å². The molecule has 1 rings (SSSR count). The summed E-state index contributed by atoms with van der Waals surface area (Å²) in [5.41, 5.74) is 4.94. The number of likely N-dealkylation sites (tertiary alicyclic amines) is 1. The Morgan fingerprint density at radius 2 is 2.12 bits per heavy atom. The lowest BCUT2D eigenvalue weighted by atomic mass is 10.0. The number of hydrogen-bond donors (Lipinski definition) is 3. The highest BCUT2D eigenvalue weighted by Crippen LogP contribution is 2.20. The number of amides is 3. The molecule has 0 aromatic heterocycles. The standard InChI is InChI=1S/C10H19N3O3/c1-6(12-10(11)16)9(15)13-4-3-8(5-13)7(2)14/h6-8,14H,3-5H2,1-2H3,(H3,11,12,16). The maximum atomic E-state index is 11.8. The number of nitrogens with one attached hydrogen (secondary N) is 1. The minimum atomic E-state index is -0.702. The zero-order valence-electron chi connectivity index (χ0n) is 9.64. The Bertz CT molecular complexity index is 280. The summed E-state index contributed by atoms with van der Waals surface area (Å²) in [7, 11) is 0. The average molecular weight is 229 g/mol. The Morgan fingerprint density at radius 1 is 1.50 bits per heavy atom. The van der Waals surface area contributed by atoms with Crippen molar-refractivity contribution in [3.05, 3.63) is 0 Å².